The molecule has 0 saturated carbocycles. The standard InChI is InChI=1S/C76H101N13O27P2S/c1-43(2)36-57(67(77)97)86-76(106)66(46(6)91)89-72(102)56(28-29-64(95)96)85-73(103)60(39-51-18-26-55(27-19-51)116-118(110,111)112)87-69(99)53-22-14-49(15-23-53)10-8-30-78-68(98)52-20-12-48(13-21-52)11-9-31-79-70(100)58(37-44(3)4)83-62(93)40-81-75(105)65(45(5)90)88-74(104)59(38-50-16-24-54(25-17-50)115-117(107,108)109)84-63(94)41-114-35-34-113-33-32-80-71(101)61(42-119)82-47(7)92/h12-27,43-46,56-61,65-66,90-91,119H,28-42H2,1-7H3,(H2,77,97)(H,78,98)(H,79,100)(H,80,101)(H,81,105)(H,82,92)(H,83,93)(H,84,94)(H,85,103)(H,86,106)(H,87,99)(H,88,104)(H,89,102)(H,95,96)(H2,107,108,109)(H2,110,111,112)/t45-,46-,56+,57+,58+,59+,60+,61+,65+,66+/m1/s1. The number of aliphatic hydroxyl groups is 2. The topological polar surface area (TPSA) is 622 Å². The molecule has 21 N–H and O–H groups in total. The minimum absolute atomic E-state index is 0.00124. The van der Waals surface area contributed by atoms with Crippen molar-refractivity contribution in [1.82, 2.24) is 63.8 Å². The van der Waals surface area contributed by atoms with Gasteiger partial charge in [0.2, 0.25) is 65.0 Å². The van der Waals surface area contributed by atoms with E-state index in [1.54, 1.807) is 39.8 Å². The Morgan fingerprint density at radius 1 is 0.462 bits per heavy atom. The third kappa shape index (κ3) is 39.7. The number of hydrogen-bond acceptors (Lipinski definition) is 23. The first kappa shape index (κ1) is 100. The molecule has 0 spiro atoms. The number of carbonyl (C=O) groups excluding carboxylic acids is 13. The van der Waals surface area contributed by atoms with Gasteiger partial charge in [0.25, 0.3) is 11.8 Å². The maximum absolute atomic E-state index is 14.2. The fraction of sp³-hybridized carbons (Fsp3) is 0.447. The largest absolute Gasteiger partial charge is 0.524 e. The molecule has 13 amide bonds. The minimum Gasteiger partial charge on any atom is -0.481 e. The quantitative estimate of drug-likeness (QED) is 0.00924. The second-order valence-electron chi connectivity index (χ2n) is 27.6. The van der Waals surface area contributed by atoms with Crippen molar-refractivity contribution in [2.45, 2.75) is 148 Å². The first-order chi connectivity index (χ1) is 56.0. The number of rotatable bonds is 48. The van der Waals surface area contributed by atoms with E-state index in [-0.39, 0.29) is 105 Å². The number of carbonyl (C=O) groups is 14. The molecule has 0 fully saturated rings. The Kier molecular flexibility index (Phi) is 42.4. The second-order valence-corrected chi connectivity index (χ2v) is 30.3. The van der Waals surface area contributed by atoms with Crippen LogP contribution in [0, 0.1) is 35.5 Å². The van der Waals surface area contributed by atoms with Gasteiger partial charge in [0.1, 0.15) is 66.4 Å². The molecule has 4 aromatic rings. The van der Waals surface area contributed by atoms with Crippen LogP contribution in [-0.2, 0) is 89.0 Å². The molecule has 0 unspecified atom stereocenters. The second kappa shape index (κ2) is 50.4. The van der Waals surface area contributed by atoms with E-state index >= 15 is 0 Å². The average molecular weight is 1720 g/mol. The van der Waals surface area contributed by atoms with Crippen molar-refractivity contribution in [2.75, 3.05) is 58.4 Å². The third-order valence-electron chi connectivity index (χ3n) is 16.5. The van der Waals surface area contributed by atoms with Gasteiger partial charge in [-0.25, -0.2) is 9.13 Å². The lowest BCUT2D eigenvalue weighted by Gasteiger charge is -2.27. The number of benzene rings is 4. The molecule has 119 heavy (non-hydrogen) atoms. The number of aliphatic hydroxyl groups excluding tert-OH is 2. The predicted octanol–water partition coefficient (Wildman–Crippen LogP) is -2.72. The van der Waals surface area contributed by atoms with Crippen molar-refractivity contribution >= 4 is 111 Å². The normalized spacial score (nSPS) is 13.6. The van der Waals surface area contributed by atoms with E-state index in [1.165, 1.54) is 98.8 Å². The van der Waals surface area contributed by atoms with Crippen LogP contribution >= 0.6 is 28.3 Å². The molecule has 43 heteroatoms. The number of phosphoric acid groups is 2. The molecule has 0 aromatic heterocycles. The Bertz CT molecular complexity index is 4390. The number of amides is 13. The van der Waals surface area contributed by atoms with Gasteiger partial charge in [-0.15, -0.1) is 0 Å². The molecule has 0 saturated heterocycles. The number of thiol groups is 1. The highest BCUT2D eigenvalue weighted by molar-refractivity contribution is 7.80. The molecule has 0 aliphatic heterocycles. The summed E-state index contributed by atoms with van der Waals surface area (Å²) in [6.07, 6.45) is -4.80. The lowest BCUT2D eigenvalue weighted by Crippen LogP contribution is -2.60. The Balaban J connectivity index is 1.33. The summed E-state index contributed by atoms with van der Waals surface area (Å²) in [6, 6.07) is 10.5. The van der Waals surface area contributed by atoms with Crippen LogP contribution in [0.25, 0.3) is 0 Å². The summed E-state index contributed by atoms with van der Waals surface area (Å²) in [5, 5.41) is 60.5. The van der Waals surface area contributed by atoms with Crippen LogP contribution in [0.3, 0.4) is 0 Å². The van der Waals surface area contributed by atoms with Crippen LogP contribution in [0.4, 0.5) is 0 Å². The fourth-order valence-electron chi connectivity index (χ4n) is 10.7. The molecular formula is C76H101N13O27P2S. The molecule has 40 nitrogen and oxygen atoms in total. The maximum Gasteiger partial charge on any atom is 0.524 e. The van der Waals surface area contributed by atoms with Crippen molar-refractivity contribution in [1.29, 1.82) is 0 Å². The molecule has 4 rings (SSSR count). The Morgan fingerprint density at radius 2 is 0.908 bits per heavy atom. The number of phosphoric ester groups is 2. The SMILES string of the molecule is CC(=O)N[C@@H](CS)C(=O)NCCOCCOCC(=O)N[C@@H](Cc1ccc(OP(=O)(O)O)cc1)C(=O)N[C@H](C(=O)NCC(=O)N[C@@H](CC(C)C)C(=O)NCC#Cc1ccc(C(=O)NCC#Cc2ccc(C(=O)N[C@@H](Cc3ccc(OP(=O)(O)O)cc3)C(=O)N[C@@H](CCC(=O)O)C(=O)N[C@H](C(=O)N[C@@H](CC(C)C)C(N)=O)[C@@H](C)O)cc2)cc1)[C@@H](C)O. The summed E-state index contributed by atoms with van der Waals surface area (Å²) in [5.41, 5.74) is 7.16. The third-order valence-corrected chi connectivity index (χ3v) is 17.7. The molecule has 4 aromatic carbocycles. The average Bonchev–Trinajstić information content (AvgIpc) is 0.877. The van der Waals surface area contributed by atoms with Gasteiger partial charge >= 0.3 is 21.6 Å². The van der Waals surface area contributed by atoms with E-state index in [0.29, 0.717) is 22.3 Å². The predicted molar refractivity (Wildman–Crippen MR) is 428 cm³/mol. The highest BCUT2D eigenvalue weighted by atomic mass is 32.1. The summed E-state index contributed by atoms with van der Waals surface area (Å²) in [5.74, 6) is -1.36. The molecular weight excluding hydrogens is 1620 g/mol. The fourth-order valence-corrected chi connectivity index (χ4v) is 11.8. The van der Waals surface area contributed by atoms with E-state index in [2.05, 4.69) is 109 Å². The molecule has 0 heterocycles. The number of carboxylic acid groups (broad SMARTS) is 1. The van der Waals surface area contributed by atoms with Gasteiger partial charge in [0, 0.05) is 60.7 Å². The van der Waals surface area contributed by atoms with E-state index in [1.807, 2.05) is 0 Å². The zero-order chi connectivity index (χ0) is 88.7. The van der Waals surface area contributed by atoms with Gasteiger partial charge in [-0.3, -0.25) is 86.7 Å². The molecule has 0 radical (unpaired) electrons. The van der Waals surface area contributed by atoms with Gasteiger partial charge in [-0.05, 0) is 129 Å². The summed E-state index contributed by atoms with van der Waals surface area (Å²) in [6.45, 7) is 9.00. The Hall–Kier alpha value is -11.3. The monoisotopic (exact) mass is 1720 g/mol. The number of hydrogen-bond donors (Lipinski definition) is 21. The molecule has 648 valence electrons. The zero-order valence-corrected chi connectivity index (χ0v) is 68.7. The van der Waals surface area contributed by atoms with Crippen LogP contribution < -0.4 is 78.6 Å². The van der Waals surface area contributed by atoms with Crippen molar-refractivity contribution in [2.24, 2.45) is 17.6 Å². The van der Waals surface area contributed by atoms with Crippen LogP contribution in [-0.4, -0.2) is 237 Å². The van der Waals surface area contributed by atoms with Gasteiger partial charge in [0.05, 0.1) is 51.7 Å². The van der Waals surface area contributed by atoms with Crippen molar-refractivity contribution in [3.8, 4) is 35.2 Å². The summed E-state index contributed by atoms with van der Waals surface area (Å²) >= 11 is 4.05. The number of aliphatic carboxylic acids is 1. The lowest BCUT2D eigenvalue weighted by molar-refractivity contribution is -0.139. The van der Waals surface area contributed by atoms with Crippen molar-refractivity contribution < 1.29 is 130 Å². The lowest BCUT2D eigenvalue weighted by atomic mass is 10.0. The summed E-state index contributed by atoms with van der Waals surface area (Å²) < 4.78 is 42.8. The number of primary amides is 1. The first-order valence-electron chi connectivity index (χ1n) is 37.0. The highest BCUT2D eigenvalue weighted by Crippen LogP contribution is 2.38. The van der Waals surface area contributed by atoms with Gasteiger partial charge < -0.3 is 103 Å². The van der Waals surface area contributed by atoms with Crippen LogP contribution in [0.1, 0.15) is 117 Å². The number of ether oxygens (including phenoxy) is 2. The van der Waals surface area contributed by atoms with E-state index in [0.717, 1.165) is 6.92 Å². The number of nitrogens with two attached hydrogens (primary N) is 1. The molecule has 0 aliphatic carbocycles. The van der Waals surface area contributed by atoms with E-state index in [9.17, 15) is 111 Å². The first-order valence-corrected chi connectivity index (χ1v) is 40.7. The Morgan fingerprint density at radius 3 is 1.39 bits per heavy atom. The van der Waals surface area contributed by atoms with Crippen molar-refractivity contribution in [3.63, 3.8) is 0 Å². The van der Waals surface area contributed by atoms with Gasteiger partial charge in [0.15, 0.2) is 0 Å². The van der Waals surface area contributed by atoms with Crippen LogP contribution in [0.2, 0.25) is 0 Å². The summed E-state index contributed by atoms with van der Waals surface area (Å²) in [4.78, 5) is 220. The minimum atomic E-state index is -4.98. The number of carboxylic acids is 1. The van der Waals surface area contributed by atoms with Gasteiger partial charge in [-0.1, -0.05) is 75.6 Å². The van der Waals surface area contributed by atoms with Crippen molar-refractivity contribution in [3.05, 3.63) is 130 Å². The van der Waals surface area contributed by atoms with E-state index < -0.39 is 185 Å². The van der Waals surface area contributed by atoms with Gasteiger partial charge in [-0.2, -0.15) is 12.6 Å². The maximum atomic E-state index is 14.2. The zero-order valence-electron chi connectivity index (χ0n) is 66.0. The summed E-state index contributed by atoms with van der Waals surface area (Å²) in [7, 11) is -9.91. The molecule has 10 atom stereocenters. The Labute approximate surface area is 690 Å². The smallest absolute Gasteiger partial charge is 0.481 e. The number of nitrogens with one attached hydrogen (secondary N) is 12. The van der Waals surface area contributed by atoms with Crippen LogP contribution in [0.15, 0.2) is 97.1 Å². The van der Waals surface area contributed by atoms with Crippen LogP contribution in [0.5, 0.6) is 11.5 Å². The highest BCUT2D eigenvalue weighted by Gasteiger charge is 2.36. The molecule has 0 aliphatic rings. The van der Waals surface area contributed by atoms with E-state index in [4.69, 9.17) is 15.2 Å². The molecule has 0 bridgehead atoms.